The molecule has 7 rings (SSSR count). The summed E-state index contributed by atoms with van der Waals surface area (Å²) in [6.45, 7) is 6.90. The molecule has 0 amide bonds. The van der Waals surface area contributed by atoms with Gasteiger partial charge in [-0.1, -0.05) is 142 Å². The number of hydrogen-bond acceptors (Lipinski definition) is 1. The van der Waals surface area contributed by atoms with Crippen molar-refractivity contribution in [2.24, 2.45) is 5.41 Å². The monoisotopic (exact) mass is 631 g/mol. The second kappa shape index (κ2) is 11.5. The number of aromatic nitrogens is 1. The van der Waals surface area contributed by atoms with Crippen LogP contribution in [0.1, 0.15) is 26.3 Å². The minimum Gasteiger partial charge on any atom is -0.249 e. The summed E-state index contributed by atoms with van der Waals surface area (Å²) in [6, 6.07) is 48.7. The van der Waals surface area contributed by atoms with Gasteiger partial charge in [-0.05, 0) is 106 Å². The topological polar surface area (TPSA) is 12.9 Å². The maximum atomic E-state index is 4.61. The summed E-state index contributed by atoms with van der Waals surface area (Å²) in [5.41, 5.74) is 11.3. The van der Waals surface area contributed by atoms with Crippen molar-refractivity contribution in [3.63, 3.8) is 0 Å². The molecule has 0 saturated heterocycles. The van der Waals surface area contributed by atoms with Crippen LogP contribution in [0.5, 0.6) is 0 Å². The summed E-state index contributed by atoms with van der Waals surface area (Å²) < 4.78 is 0.836. The lowest BCUT2D eigenvalue weighted by molar-refractivity contribution is 0.411. The first kappa shape index (κ1) is 28.3. The van der Waals surface area contributed by atoms with Crippen LogP contribution in [0.25, 0.3) is 66.1 Å². The maximum Gasteiger partial charge on any atom is 0.106 e. The molecule has 0 atom stereocenters. The van der Waals surface area contributed by atoms with Crippen LogP contribution >= 0.6 is 15.9 Å². The fraction of sp³-hybridized carbons (Fsp3) is 0.119. The van der Waals surface area contributed by atoms with Crippen molar-refractivity contribution in [3.8, 4) is 44.5 Å². The van der Waals surface area contributed by atoms with Crippen molar-refractivity contribution in [2.45, 2.75) is 27.2 Å². The van der Waals surface area contributed by atoms with Gasteiger partial charge in [0.05, 0.1) is 0 Å². The molecule has 1 nitrogen and oxygen atoms in total. The maximum absolute atomic E-state index is 4.61. The summed E-state index contributed by atoms with van der Waals surface area (Å²) in [4.78, 5) is 4.61. The largest absolute Gasteiger partial charge is 0.249 e. The third-order valence-electron chi connectivity index (χ3n) is 8.32. The third kappa shape index (κ3) is 5.58. The summed E-state index contributed by atoms with van der Waals surface area (Å²) in [5.74, 6) is 0. The molecule has 0 radical (unpaired) electrons. The molecule has 2 heteroatoms. The Kier molecular flexibility index (Phi) is 7.40. The average Bonchev–Trinajstić information content (AvgIpc) is 3.04. The minimum atomic E-state index is 0.230. The van der Waals surface area contributed by atoms with Gasteiger partial charge in [0.1, 0.15) is 4.60 Å². The number of hydrogen-bond donors (Lipinski definition) is 0. The predicted molar refractivity (Wildman–Crippen MR) is 192 cm³/mol. The highest BCUT2D eigenvalue weighted by atomic mass is 79.9. The SMILES string of the molecule is CC(C)(C)Cc1cccc(-c2ccc3c(-c4ccc(Br)nc4)c4ccccc4c(-c4ccc(-c5ccccc5)cc4)c3c2)c1. The Morgan fingerprint density at radius 3 is 1.70 bits per heavy atom. The van der Waals surface area contributed by atoms with Crippen LogP contribution in [0.2, 0.25) is 0 Å². The predicted octanol–water partition coefficient (Wildman–Crippen LogP) is 12.4. The van der Waals surface area contributed by atoms with Gasteiger partial charge in [0.25, 0.3) is 0 Å². The molecular formula is C42H34BrN. The lowest BCUT2D eigenvalue weighted by Crippen LogP contribution is -2.08. The fourth-order valence-electron chi connectivity index (χ4n) is 6.44. The van der Waals surface area contributed by atoms with E-state index in [0.29, 0.717) is 0 Å². The number of pyridine rings is 1. The van der Waals surface area contributed by atoms with Crippen LogP contribution in [0.15, 0.2) is 144 Å². The lowest BCUT2D eigenvalue weighted by atomic mass is 9.84. The van der Waals surface area contributed by atoms with E-state index < -0.39 is 0 Å². The van der Waals surface area contributed by atoms with E-state index in [1.165, 1.54) is 66.1 Å². The summed E-state index contributed by atoms with van der Waals surface area (Å²) in [7, 11) is 0. The van der Waals surface area contributed by atoms with Gasteiger partial charge in [-0.2, -0.15) is 0 Å². The van der Waals surface area contributed by atoms with Crippen molar-refractivity contribution < 1.29 is 0 Å². The van der Waals surface area contributed by atoms with E-state index in [4.69, 9.17) is 0 Å². The van der Waals surface area contributed by atoms with E-state index in [9.17, 15) is 0 Å². The van der Waals surface area contributed by atoms with Crippen molar-refractivity contribution in [3.05, 3.63) is 150 Å². The van der Waals surface area contributed by atoms with Crippen LogP contribution < -0.4 is 0 Å². The summed E-state index contributed by atoms with van der Waals surface area (Å²) in [6.07, 6.45) is 3.02. The average molecular weight is 633 g/mol. The van der Waals surface area contributed by atoms with Gasteiger partial charge in [0.15, 0.2) is 0 Å². The molecular weight excluding hydrogens is 598 g/mol. The van der Waals surface area contributed by atoms with E-state index in [1.54, 1.807) is 0 Å². The Labute approximate surface area is 268 Å². The zero-order valence-corrected chi connectivity index (χ0v) is 26.9. The third-order valence-corrected chi connectivity index (χ3v) is 8.78. The number of rotatable bonds is 5. The molecule has 1 aromatic heterocycles. The molecule has 0 N–H and O–H groups in total. The van der Waals surface area contributed by atoms with E-state index in [1.807, 2.05) is 12.3 Å². The van der Waals surface area contributed by atoms with Crippen molar-refractivity contribution in [1.82, 2.24) is 4.98 Å². The van der Waals surface area contributed by atoms with Crippen LogP contribution in [-0.2, 0) is 6.42 Å². The van der Waals surface area contributed by atoms with E-state index in [-0.39, 0.29) is 5.41 Å². The van der Waals surface area contributed by atoms with Gasteiger partial charge in [-0.25, -0.2) is 4.98 Å². The van der Waals surface area contributed by atoms with Crippen molar-refractivity contribution >= 4 is 37.5 Å². The molecule has 44 heavy (non-hydrogen) atoms. The fourth-order valence-corrected chi connectivity index (χ4v) is 6.67. The first-order valence-corrected chi connectivity index (χ1v) is 16.0. The van der Waals surface area contributed by atoms with E-state index >= 15 is 0 Å². The highest BCUT2D eigenvalue weighted by molar-refractivity contribution is 9.10. The molecule has 6 aromatic carbocycles. The number of halogens is 1. The quantitative estimate of drug-likeness (QED) is 0.136. The minimum absolute atomic E-state index is 0.230. The van der Waals surface area contributed by atoms with Gasteiger partial charge < -0.3 is 0 Å². The number of benzene rings is 6. The van der Waals surface area contributed by atoms with E-state index in [2.05, 4.69) is 169 Å². The molecule has 0 fully saturated rings. The molecule has 0 aliphatic carbocycles. The lowest BCUT2D eigenvalue weighted by Gasteiger charge is -2.20. The molecule has 1 heterocycles. The Morgan fingerprint density at radius 2 is 1.02 bits per heavy atom. The smallest absolute Gasteiger partial charge is 0.106 e. The highest BCUT2D eigenvalue weighted by Gasteiger charge is 2.18. The zero-order valence-electron chi connectivity index (χ0n) is 25.3. The van der Waals surface area contributed by atoms with Crippen molar-refractivity contribution in [2.75, 3.05) is 0 Å². The van der Waals surface area contributed by atoms with Crippen LogP contribution in [0, 0.1) is 5.41 Å². The van der Waals surface area contributed by atoms with Gasteiger partial charge in [0.2, 0.25) is 0 Å². The first-order chi connectivity index (χ1) is 21.3. The Balaban J connectivity index is 1.49. The highest BCUT2D eigenvalue weighted by Crippen LogP contribution is 2.45. The molecule has 0 saturated carbocycles. The summed E-state index contributed by atoms with van der Waals surface area (Å²) >= 11 is 3.53. The Hall–Kier alpha value is -4.53. The summed E-state index contributed by atoms with van der Waals surface area (Å²) in [5, 5.41) is 4.94. The Bertz CT molecular complexity index is 2100. The van der Waals surface area contributed by atoms with Gasteiger partial charge in [0, 0.05) is 11.8 Å². The van der Waals surface area contributed by atoms with Gasteiger partial charge in [-0.15, -0.1) is 0 Å². The van der Waals surface area contributed by atoms with Gasteiger partial charge >= 0.3 is 0 Å². The molecule has 0 spiro atoms. The first-order valence-electron chi connectivity index (χ1n) is 15.2. The van der Waals surface area contributed by atoms with Crippen LogP contribution in [-0.4, -0.2) is 4.98 Å². The zero-order chi connectivity index (χ0) is 30.3. The normalized spacial score (nSPS) is 11.7. The van der Waals surface area contributed by atoms with Crippen LogP contribution in [0.3, 0.4) is 0 Å². The standard InChI is InChI=1S/C42H34BrN/c1-42(2,3)26-28-10-9-13-32(24-28)33-20-22-37-38(25-33)40(31-18-16-30(17-19-31)29-11-5-4-6-12-29)35-14-7-8-15-36(35)41(37)34-21-23-39(43)44-27-34/h4-25,27H,26H2,1-3H3. The van der Waals surface area contributed by atoms with E-state index in [0.717, 1.165) is 16.6 Å². The molecule has 214 valence electrons. The number of nitrogens with zero attached hydrogens (tertiary/aromatic N) is 1. The van der Waals surface area contributed by atoms with Gasteiger partial charge in [-0.3, -0.25) is 0 Å². The second-order valence-electron chi connectivity index (χ2n) is 12.8. The Morgan fingerprint density at radius 1 is 0.477 bits per heavy atom. The number of fused-ring (bicyclic) bond motifs is 2. The molecule has 0 aliphatic rings. The molecule has 7 aromatic rings. The second-order valence-corrected chi connectivity index (χ2v) is 13.6. The molecule has 0 unspecified atom stereocenters. The van der Waals surface area contributed by atoms with Crippen LogP contribution in [0.4, 0.5) is 0 Å². The molecule has 0 aliphatic heterocycles. The van der Waals surface area contributed by atoms with Crippen molar-refractivity contribution in [1.29, 1.82) is 0 Å². The molecule has 0 bridgehead atoms.